The highest BCUT2D eigenvalue weighted by Gasteiger charge is 2.05. The molecule has 17 heavy (non-hydrogen) atoms. The molecule has 0 saturated heterocycles. The fraction of sp³-hybridized carbons (Fsp3) is 0.0833. The zero-order valence-electron chi connectivity index (χ0n) is 9.01. The summed E-state index contributed by atoms with van der Waals surface area (Å²) in [7, 11) is 0. The van der Waals surface area contributed by atoms with E-state index in [0.29, 0.717) is 11.7 Å². The fourth-order valence-corrected chi connectivity index (χ4v) is 2.24. The molecule has 0 radical (unpaired) electrons. The molecule has 0 atom stereocenters. The number of aromatic nitrogens is 1. The lowest BCUT2D eigenvalue weighted by molar-refractivity contribution is 0.615. The van der Waals surface area contributed by atoms with Gasteiger partial charge in [-0.15, -0.1) is 11.3 Å². The fourth-order valence-electron chi connectivity index (χ4n) is 1.60. The van der Waals surface area contributed by atoms with Crippen LogP contribution >= 0.6 is 11.3 Å². The average molecular weight is 245 g/mol. The molecule has 2 heterocycles. The molecule has 0 saturated carbocycles. The van der Waals surface area contributed by atoms with Crippen molar-refractivity contribution in [2.75, 3.05) is 11.1 Å². The number of hydrogen-bond acceptors (Lipinski definition) is 5. The summed E-state index contributed by atoms with van der Waals surface area (Å²) >= 11 is 1.70. The highest BCUT2D eigenvalue weighted by atomic mass is 32.1. The number of nitrogens with two attached hydrogens (primary N) is 1. The minimum atomic E-state index is 0.527. The van der Waals surface area contributed by atoms with Gasteiger partial charge in [0.25, 0.3) is 6.01 Å². The van der Waals surface area contributed by atoms with Crippen molar-refractivity contribution < 1.29 is 4.42 Å². The first kappa shape index (κ1) is 10.2. The third-order valence-corrected chi connectivity index (χ3v) is 3.28. The van der Waals surface area contributed by atoms with Crippen molar-refractivity contribution in [1.82, 2.24) is 4.98 Å². The highest BCUT2D eigenvalue weighted by molar-refractivity contribution is 7.09. The molecular formula is C12H11N3OS. The van der Waals surface area contributed by atoms with Crippen LogP contribution in [-0.4, -0.2) is 4.98 Å². The van der Waals surface area contributed by atoms with E-state index in [1.807, 2.05) is 17.5 Å². The third-order valence-electron chi connectivity index (χ3n) is 2.41. The minimum Gasteiger partial charge on any atom is -0.424 e. The maximum atomic E-state index is 5.68. The molecule has 0 unspecified atom stereocenters. The van der Waals surface area contributed by atoms with Crippen LogP contribution in [0.1, 0.15) is 4.88 Å². The highest BCUT2D eigenvalue weighted by Crippen LogP contribution is 2.21. The zero-order valence-corrected chi connectivity index (χ0v) is 9.83. The second-order valence-corrected chi connectivity index (χ2v) is 4.71. The third kappa shape index (κ3) is 2.09. The van der Waals surface area contributed by atoms with E-state index in [1.165, 1.54) is 4.88 Å². The van der Waals surface area contributed by atoms with Crippen LogP contribution in [0.2, 0.25) is 0 Å². The lowest BCUT2D eigenvalue weighted by Gasteiger charge is -1.96. The summed E-state index contributed by atoms with van der Waals surface area (Å²) in [6, 6.07) is 10.0. The molecule has 0 amide bonds. The van der Waals surface area contributed by atoms with Gasteiger partial charge < -0.3 is 15.5 Å². The van der Waals surface area contributed by atoms with Crippen LogP contribution < -0.4 is 11.1 Å². The van der Waals surface area contributed by atoms with Crippen molar-refractivity contribution >= 4 is 34.1 Å². The quantitative estimate of drug-likeness (QED) is 0.696. The van der Waals surface area contributed by atoms with Gasteiger partial charge in [0.15, 0.2) is 5.58 Å². The Morgan fingerprint density at radius 1 is 1.35 bits per heavy atom. The van der Waals surface area contributed by atoms with Crippen molar-refractivity contribution in [3.8, 4) is 0 Å². The molecule has 2 aromatic heterocycles. The molecule has 5 heteroatoms. The van der Waals surface area contributed by atoms with Crippen molar-refractivity contribution in [3.05, 3.63) is 40.6 Å². The molecule has 4 nitrogen and oxygen atoms in total. The number of anilines is 2. The Labute approximate surface area is 102 Å². The number of rotatable bonds is 3. The summed E-state index contributed by atoms with van der Waals surface area (Å²) in [4.78, 5) is 5.56. The molecule has 0 aliphatic rings. The maximum Gasteiger partial charge on any atom is 0.295 e. The van der Waals surface area contributed by atoms with Crippen LogP contribution in [0.15, 0.2) is 40.1 Å². The van der Waals surface area contributed by atoms with Crippen LogP contribution in [0.4, 0.5) is 11.7 Å². The number of benzene rings is 1. The summed E-state index contributed by atoms with van der Waals surface area (Å²) in [5, 5.41) is 5.19. The lowest BCUT2D eigenvalue weighted by atomic mass is 10.3. The Balaban J connectivity index is 1.81. The molecule has 0 fully saturated rings. The smallest absolute Gasteiger partial charge is 0.295 e. The van der Waals surface area contributed by atoms with Gasteiger partial charge in [-0.25, -0.2) is 0 Å². The Kier molecular flexibility index (Phi) is 2.45. The van der Waals surface area contributed by atoms with Gasteiger partial charge in [0, 0.05) is 10.6 Å². The molecule has 86 valence electrons. The van der Waals surface area contributed by atoms with Gasteiger partial charge in [-0.2, -0.15) is 4.98 Å². The van der Waals surface area contributed by atoms with Crippen molar-refractivity contribution in [2.24, 2.45) is 0 Å². The van der Waals surface area contributed by atoms with Gasteiger partial charge in [0.2, 0.25) is 0 Å². The number of hydrogen-bond donors (Lipinski definition) is 2. The lowest BCUT2D eigenvalue weighted by Crippen LogP contribution is -1.96. The Hall–Kier alpha value is -2.01. The number of oxazole rings is 1. The van der Waals surface area contributed by atoms with Crippen LogP contribution in [0, 0.1) is 0 Å². The van der Waals surface area contributed by atoms with E-state index in [-0.39, 0.29) is 0 Å². The second-order valence-electron chi connectivity index (χ2n) is 3.68. The Morgan fingerprint density at radius 3 is 3.12 bits per heavy atom. The number of thiophene rings is 1. The van der Waals surface area contributed by atoms with Gasteiger partial charge in [-0.3, -0.25) is 0 Å². The van der Waals surface area contributed by atoms with E-state index in [1.54, 1.807) is 23.5 Å². The predicted molar refractivity (Wildman–Crippen MR) is 70.1 cm³/mol. The van der Waals surface area contributed by atoms with E-state index < -0.39 is 0 Å². The standard InChI is InChI=1S/C12H11N3OS/c13-8-3-4-11-10(6-8)15-12(16-11)14-7-9-2-1-5-17-9/h1-6H,7,13H2,(H,14,15). The molecule has 3 aromatic rings. The number of nitrogens with zero attached hydrogens (tertiary/aromatic N) is 1. The predicted octanol–water partition coefficient (Wildman–Crippen LogP) is 3.08. The maximum absolute atomic E-state index is 5.68. The number of nitrogen functional groups attached to an aromatic ring is 1. The topological polar surface area (TPSA) is 64.1 Å². The van der Waals surface area contributed by atoms with Crippen LogP contribution in [-0.2, 0) is 6.54 Å². The first-order valence-corrected chi connectivity index (χ1v) is 6.11. The molecule has 0 bridgehead atoms. The van der Waals surface area contributed by atoms with Crippen LogP contribution in [0.25, 0.3) is 11.1 Å². The second kappa shape index (κ2) is 4.10. The largest absolute Gasteiger partial charge is 0.424 e. The van der Waals surface area contributed by atoms with Gasteiger partial charge >= 0.3 is 0 Å². The van der Waals surface area contributed by atoms with E-state index in [9.17, 15) is 0 Å². The Morgan fingerprint density at radius 2 is 2.29 bits per heavy atom. The number of nitrogens with one attached hydrogen (secondary N) is 1. The van der Waals surface area contributed by atoms with E-state index in [4.69, 9.17) is 10.2 Å². The molecule has 3 N–H and O–H groups in total. The van der Waals surface area contributed by atoms with E-state index in [2.05, 4.69) is 16.4 Å². The van der Waals surface area contributed by atoms with Gasteiger partial charge in [-0.1, -0.05) is 6.07 Å². The summed E-state index contributed by atoms with van der Waals surface area (Å²) in [6.07, 6.45) is 0. The van der Waals surface area contributed by atoms with Crippen molar-refractivity contribution in [3.63, 3.8) is 0 Å². The molecule has 1 aromatic carbocycles. The van der Waals surface area contributed by atoms with Gasteiger partial charge in [-0.05, 0) is 29.6 Å². The van der Waals surface area contributed by atoms with Crippen molar-refractivity contribution in [2.45, 2.75) is 6.54 Å². The van der Waals surface area contributed by atoms with Crippen LogP contribution in [0.5, 0.6) is 0 Å². The van der Waals surface area contributed by atoms with Gasteiger partial charge in [0.1, 0.15) is 5.52 Å². The summed E-state index contributed by atoms with van der Waals surface area (Å²) < 4.78 is 5.55. The van der Waals surface area contributed by atoms with Crippen LogP contribution in [0.3, 0.4) is 0 Å². The van der Waals surface area contributed by atoms with E-state index >= 15 is 0 Å². The SMILES string of the molecule is Nc1ccc2oc(NCc3cccs3)nc2c1. The summed E-state index contributed by atoms with van der Waals surface area (Å²) in [6.45, 7) is 0.722. The molecule has 3 rings (SSSR count). The summed E-state index contributed by atoms with van der Waals surface area (Å²) in [5.74, 6) is 0. The zero-order chi connectivity index (χ0) is 11.7. The molecule has 0 spiro atoms. The molecule has 0 aliphatic carbocycles. The first-order chi connectivity index (χ1) is 8.31. The summed E-state index contributed by atoms with van der Waals surface area (Å²) in [5.41, 5.74) is 7.89. The minimum absolute atomic E-state index is 0.527. The monoisotopic (exact) mass is 245 g/mol. The van der Waals surface area contributed by atoms with Gasteiger partial charge in [0.05, 0.1) is 6.54 Å². The average Bonchev–Trinajstić information content (AvgIpc) is 2.94. The Bertz CT molecular complexity index is 630. The van der Waals surface area contributed by atoms with Crippen molar-refractivity contribution in [1.29, 1.82) is 0 Å². The number of fused-ring (bicyclic) bond motifs is 1. The normalized spacial score (nSPS) is 10.8. The van der Waals surface area contributed by atoms with E-state index in [0.717, 1.165) is 17.6 Å². The molecule has 0 aliphatic heterocycles. The first-order valence-electron chi connectivity index (χ1n) is 5.23. The molecular weight excluding hydrogens is 234 g/mol.